The predicted octanol–water partition coefficient (Wildman–Crippen LogP) is 2.60. The molecule has 0 spiro atoms. The van der Waals surface area contributed by atoms with Crippen LogP contribution in [0.2, 0.25) is 0 Å². The van der Waals surface area contributed by atoms with E-state index in [1.807, 2.05) is 18.4 Å². The summed E-state index contributed by atoms with van der Waals surface area (Å²) in [4.78, 5) is 19.4. The van der Waals surface area contributed by atoms with Crippen LogP contribution < -0.4 is 5.32 Å². The normalized spacial score (nSPS) is 12.5. The van der Waals surface area contributed by atoms with Crippen LogP contribution in [0.25, 0.3) is 10.2 Å². The summed E-state index contributed by atoms with van der Waals surface area (Å²) in [6, 6.07) is 1.92. The number of carbonyl (C=O) groups is 1. The van der Waals surface area contributed by atoms with Gasteiger partial charge in [0.15, 0.2) is 0 Å². The Labute approximate surface area is 109 Å². The summed E-state index contributed by atoms with van der Waals surface area (Å²) in [6.45, 7) is 2.38. The molecule has 0 aromatic carbocycles. The summed E-state index contributed by atoms with van der Waals surface area (Å²) in [5.74, 6) is -0.418. The van der Waals surface area contributed by atoms with Crippen molar-refractivity contribution in [3.63, 3.8) is 0 Å². The lowest BCUT2D eigenvalue weighted by molar-refractivity contribution is -0.141. The van der Waals surface area contributed by atoms with E-state index in [9.17, 15) is 4.79 Å². The Morgan fingerprint density at radius 2 is 2.39 bits per heavy atom. The maximum absolute atomic E-state index is 11.1. The van der Waals surface area contributed by atoms with E-state index in [1.165, 1.54) is 6.33 Å². The topological polar surface area (TPSA) is 75.1 Å². The molecule has 0 amide bonds. The first kappa shape index (κ1) is 12.8. The molecule has 2 aromatic rings. The zero-order valence-electron chi connectivity index (χ0n) is 10.1. The first-order chi connectivity index (χ1) is 8.72. The fraction of sp³-hybridized carbons (Fsp3) is 0.417. The van der Waals surface area contributed by atoms with Crippen molar-refractivity contribution in [1.29, 1.82) is 0 Å². The first-order valence-electron chi connectivity index (χ1n) is 5.87. The Morgan fingerprint density at radius 3 is 3.11 bits per heavy atom. The van der Waals surface area contributed by atoms with E-state index in [1.54, 1.807) is 11.3 Å². The molecule has 2 rings (SSSR count). The second-order valence-electron chi connectivity index (χ2n) is 4.06. The molecule has 18 heavy (non-hydrogen) atoms. The Morgan fingerprint density at radius 1 is 1.56 bits per heavy atom. The van der Waals surface area contributed by atoms with E-state index in [-0.39, 0.29) is 5.92 Å². The maximum atomic E-state index is 11.1. The molecule has 1 unspecified atom stereocenters. The van der Waals surface area contributed by atoms with Gasteiger partial charge in [0.05, 0.1) is 16.1 Å². The number of aromatic nitrogens is 2. The summed E-state index contributed by atoms with van der Waals surface area (Å²) in [6.07, 6.45) is 3.02. The maximum Gasteiger partial charge on any atom is 0.308 e. The highest BCUT2D eigenvalue weighted by Gasteiger charge is 2.16. The summed E-state index contributed by atoms with van der Waals surface area (Å²) in [7, 11) is 0. The van der Waals surface area contributed by atoms with Crippen molar-refractivity contribution in [2.45, 2.75) is 19.8 Å². The highest BCUT2D eigenvalue weighted by molar-refractivity contribution is 7.17. The minimum atomic E-state index is -0.763. The fourth-order valence-electron chi connectivity index (χ4n) is 1.80. The largest absolute Gasteiger partial charge is 0.481 e. The molecule has 0 aliphatic rings. The van der Waals surface area contributed by atoms with Gasteiger partial charge in [-0.2, -0.15) is 0 Å². The van der Waals surface area contributed by atoms with Crippen molar-refractivity contribution in [2.24, 2.45) is 5.92 Å². The van der Waals surface area contributed by atoms with Crippen LogP contribution in [0.5, 0.6) is 0 Å². The third-order valence-corrected chi connectivity index (χ3v) is 3.66. The van der Waals surface area contributed by atoms with Crippen molar-refractivity contribution in [1.82, 2.24) is 9.97 Å². The minimum Gasteiger partial charge on any atom is -0.481 e. The smallest absolute Gasteiger partial charge is 0.308 e. The van der Waals surface area contributed by atoms with Gasteiger partial charge in [0.1, 0.15) is 12.1 Å². The van der Waals surface area contributed by atoms with Crippen LogP contribution in [0.3, 0.4) is 0 Å². The van der Waals surface area contributed by atoms with Crippen molar-refractivity contribution >= 4 is 33.3 Å². The zero-order chi connectivity index (χ0) is 13.0. The van der Waals surface area contributed by atoms with Gasteiger partial charge in [0.2, 0.25) is 0 Å². The molecule has 0 aliphatic carbocycles. The Balaban J connectivity index is 2.09. The number of nitrogens with one attached hydrogen (secondary N) is 1. The molecule has 2 aromatic heterocycles. The molecule has 0 saturated carbocycles. The minimum absolute atomic E-state index is 0.375. The van der Waals surface area contributed by atoms with Gasteiger partial charge in [0.25, 0.3) is 0 Å². The monoisotopic (exact) mass is 265 g/mol. The number of hydrogen-bond acceptors (Lipinski definition) is 5. The van der Waals surface area contributed by atoms with E-state index in [0.717, 1.165) is 22.5 Å². The lowest BCUT2D eigenvalue weighted by Gasteiger charge is -2.12. The van der Waals surface area contributed by atoms with Crippen molar-refractivity contribution in [3.05, 3.63) is 17.8 Å². The van der Waals surface area contributed by atoms with Gasteiger partial charge in [-0.25, -0.2) is 9.97 Å². The van der Waals surface area contributed by atoms with E-state index in [0.29, 0.717) is 13.0 Å². The van der Waals surface area contributed by atoms with Crippen molar-refractivity contribution < 1.29 is 9.90 Å². The number of anilines is 1. The van der Waals surface area contributed by atoms with Gasteiger partial charge in [-0.05, 0) is 17.9 Å². The SMILES string of the molecule is CCCC(CNc1ncnc2ccsc12)C(=O)O. The average molecular weight is 265 g/mol. The molecular formula is C12H15N3O2S. The third-order valence-electron chi connectivity index (χ3n) is 2.75. The Kier molecular flexibility index (Phi) is 4.09. The molecule has 0 aliphatic heterocycles. The number of hydrogen-bond donors (Lipinski definition) is 2. The standard InChI is InChI=1S/C12H15N3O2S/c1-2-3-8(12(16)17)6-13-11-10-9(4-5-18-10)14-7-15-11/h4-5,7-8H,2-3,6H2,1H3,(H,16,17)(H,13,14,15). The molecule has 6 heteroatoms. The molecule has 0 radical (unpaired) electrons. The molecular weight excluding hydrogens is 250 g/mol. The van der Waals surface area contributed by atoms with Crippen LogP contribution in [0, 0.1) is 5.92 Å². The molecule has 0 bridgehead atoms. The Bertz CT molecular complexity index is 541. The van der Waals surface area contributed by atoms with Gasteiger partial charge in [0, 0.05) is 6.54 Å². The molecule has 2 heterocycles. The molecule has 2 N–H and O–H groups in total. The number of fused-ring (bicyclic) bond motifs is 1. The molecule has 1 atom stereocenters. The first-order valence-corrected chi connectivity index (χ1v) is 6.75. The molecule has 96 valence electrons. The molecule has 0 saturated heterocycles. The quantitative estimate of drug-likeness (QED) is 0.839. The highest BCUT2D eigenvalue weighted by Crippen LogP contribution is 2.25. The number of carboxylic acid groups (broad SMARTS) is 1. The van der Waals surface area contributed by atoms with Crippen LogP contribution in [-0.4, -0.2) is 27.6 Å². The van der Waals surface area contributed by atoms with Crippen LogP contribution in [0.1, 0.15) is 19.8 Å². The summed E-state index contributed by atoms with van der Waals surface area (Å²) in [5.41, 5.74) is 0.889. The van der Waals surface area contributed by atoms with Gasteiger partial charge in [-0.1, -0.05) is 13.3 Å². The summed E-state index contributed by atoms with van der Waals surface area (Å²) in [5, 5.41) is 14.2. The van der Waals surface area contributed by atoms with E-state index < -0.39 is 5.97 Å². The average Bonchev–Trinajstić information content (AvgIpc) is 2.82. The van der Waals surface area contributed by atoms with Crippen molar-refractivity contribution in [2.75, 3.05) is 11.9 Å². The summed E-state index contributed by atoms with van der Waals surface area (Å²) >= 11 is 1.55. The second-order valence-corrected chi connectivity index (χ2v) is 4.98. The number of carboxylic acids is 1. The number of aliphatic carboxylic acids is 1. The third kappa shape index (κ3) is 2.76. The van der Waals surface area contributed by atoms with Gasteiger partial charge in [-0.3, -0.25) is 4.79 Å². The summed E-state index contributed by atoms with van der Waals surface area (Å²) < 4.78 is 0.970. The van der Waals surface area contributed by atoms with Crippen LogP contribution >= 0.6 is 11.3 Å². The van der Waals surface area contributed by atoms with E-state index in [4.69, 9.17) is 5.11 Å². The second kappa shape index (κ2) is 5.77. The Hall–Kier alpha value is -1.69. The van der Waals surface area contributed by atoms with Crippen LogP contribution in [-0.2, 0) is 4.79 Å². The van der Waals surface area contributed by atoms with E-state index >= 15 is 0 Å². The van der Waals surface area contributed by atoms with Gasteiger partial charge < -0.3 is 10.4 Å². The number of thiophene rings is 1. The lowest BCUT2D eigenvalue weighted by Crippen LogP contribution is -2.23. The predicted molar refractivity (Wildman–Crippen MR) is 71.9 cm³/mol. The zero-order valence-corrected chi connectivity index (χ0v) is 10.9. The van der Waals surface area contributed by atoms with Crippen LogP contribution in [0.4, 0.5) is 5.82 Å². The van der Waals surface area contributed by atoms with Gasteiger partial charge in [-0.15, -0.1) is 11.3 Å². The van der Waals surface area contributed by atoms with E-state index in [2.05, 4.69) is 15.3 Å². The molecule has 5 nitrogen and oxygen atoms in total. The highest BCUT2D eigenvalue weighted by atomic mass is 32.1. The fourth-order valence-corrected chi connectivity index (χ4v) is 2.61. The van der Waals surface area contributed by atoms with Crippen molar-refractivity contribution in [3.8, 4) is 0 Å². The molecule has 0 fully saturated rings. The van der Waals surface area contributed by atoms with Gasteiger partial charge >= 0.3 is 5.97 Å². The number of rotatable bonds is 6. The lowest BCUT2D eigenvalue weighted by atomic mass is 10.0. The number of nitrogens with zero attached hydrogens (tertiary/aromatic N) is 2. The van der Waals surface area contributed by atoms with Crippen LogP contribution in [0.15, 0.2) is 17.8 Å².